The van der Waals surface area contributed by atoms with Crippen molar-refractivity contribution in [2.75, 3.05) is 57.4 Å². The van der Waals surface area contributed by atoms with Gasteiger partial charge < -0.3 is 16.0 Å². The second-order valence-corrected chi connectivity index (χ2v) is 4.82. The first-order chi connectivity index (χ1) is 9.19. The molecular formula is C13H20N6. The van der Waals surface area contributed by atoms with Crippen LogP contribution in [0.3, 0.4) is 0 Å². The van der Waals surface area contributed by atoms with E-state index in [2.05, 4.69) is 27.1 Å². The van der Waals surface area contributed by atoms with Crippen molar-refractivity contribution in [1.29, 1.82) is 5.26 Å². The summed E-state index contributed by atoms with van der Waals surface area (Å²) in [6.07, 6.45) is 0. The number of hydrogen-bond donors (Lipinski definition) is 2. The van der Waals surface area contributed by atoms with Gasteiger partial charge >= 0.3 is 0 Å². The lowest BCUT2D eigenvalue weighted by Crippen LogP contribution is -2.45. The van der Waals surface area contributed by atoms with Crippen molar-refractivity contribution in [1.82, 2.24) is 14.8 Å². The molecule has 3 N–H and O–H groups in total. The molecule has 0 atom stereocenters. The summed E-state index contributed by atoms with van der Waals surface area (Å²) in [7, 11) is 2.15. The fourth-order valence-corrected chi connectivity index (χ4v) is 2.07. The van der Waals surface area contributed by atoms with Gasteiger partial charge in [0.15, 0.2) is 5.69 Å². The Morgan fingerprint density at radius 2 is 2.11 bits per heavy atom. The molecule has 2 rings (SSSR count). The molecule has 1 saturated heterocycles. The normalized spacial score (nSPS) is 17.1. The SMILES string of the molecule is CN1CCN(CCNc2ccc(N)c(C#N)n2)CC1. The zero-order valence-electron chi connectivity index (χ0n) is 11.3. The van der Waals surface area contributed by atoms with Crippen molar-refractivity contribution >= 4 is 11.5 Å². The highest BCUT2D eigenvalue weighted by molar-refractivity contribution is 5.54. The Hall–Kier alpha value is -1.84. The first kappa shape index (κ1) is 13.6. The molecule has 6 nitrogen and oxygen atoms in total. The van der Waals surface area contributed by atoms with Gasteiger partial charge in [-0.05, 0) is 19.2 Å². The number of nitrogen functional groups attached to an aromatic ring is 1. The molecule has 0 radical (unpaired) electrons. The number of nitrogens with one attached hydrogen (secondary N) is 1. The van der Waals surface area contributed by atoms with Crippen LogP contribution in [0, 0.1) is 11.3 Å². The summed E-state index contributed by atoms with van der Waals surface area (Å²) in [5, 5.41) is 12.1. The van der Waals surface area contributed by atoms with E-state index in [9.17, 15) is 0 Å². The van der Waals surface area contributed by atoms with Crippen LogP contribution in [0.25, 0.3) is 0 Å². The number of nitrogens with zero attached hydrogens (tertiary/aromatic N) is 4. The molecule has 2 heterocycles. The van der Waals surface area contributed by atoms with Crippen LogP contribution in [0.4, 0.5) is 11.5 Å². The van der Waals surface area contributed by atoms with Gasteiger partial charge in [0.05, 0.1) is 5.69 Å². The van der Waals surface area contributed by atoms with Crippen molar-refractivity contribution in [3.63, 3.8) is 0 Å². The number of hydrogen-bond acceptors (Lipinski definition) is 6. The van der Waals surface area contributed by atoms with Gasteiger partial charge in [-0.3, -0.25) is 4.90 Å². The summed E-state index contributed by atoms with van der Waals surface area (Å²) in [5.74, 6) is 0.708. The number of piperazine rings is 1. The maximum absolute atomic E-state index is 8.86. The number of rotatable bonds is 4. The monoisotopic (exact) mass is 260 g/mol. The Kier molecular flexibility index (Phi) is 4.55. The van der Waals surface area contributed by atoms with Crippen LogP contribution in [0.1, 0.15) is 5.69 Å². The van der Waals surface area contributed by atoms with Crippen LogP contribution in [0.15, 0.2) is 12.1 Å². The first-order valence-electron chi connectivity index (χ1n) is 6.50. The van der Waals surface area contributed by atoms with E-state index in [-0.39, 0.29) is 5.69 Å². The summed E-state index contributed by atoms with van der Waals surface area (Å²) in [4.78, 5) is 8.93. The largest absolute Gasteiger partial charge is 0.396 e. The lowest BCUT2D eigenvalue weighted by atomic mass is 10.3. The molecule has 0 bridgehead atoms. The van der Waals surface area contributed by atoms with Gasteiger partial charge in [0, 0.05) is 39.3 Å². The lowest BCUT2D eigenvalue weighted by Gasteiger charge is -2.32. The van der Waals surface area contributed by atoms with E-state index < -0.39 is 0 Å². The highest BCUT2D eigenvalue weighted by Gasteiger charge is 2.12. The molecule has 1 aromatic rings. The molecule has 0 unspecified atom stereocenters. The van der Waals surface area contributed by atoms with Gasteiger partial charge in [0.25, 0.3) is 0 Å². The quantitative estimate of drug-likeness (QED) is 0.804. The van der Waals surface area contributed by atoms with Gasteiger partial charge in [-0.1, -0.05) is 0 Å². The van der Waals surface area contributed by atoms with Crippen molar-refractivity contribution in [3.8, 4) is 6.07 Å². The number of anilines is 2. The Bertz CT molecular complexity index is 459. The maximum Gasteiger partial charge on any atom is 0.165 e. The predicted molar refractivity (Wildman–Crippen MR) is 75.8 cm³/mol. The van der Waals surface area contributed by atoms with E-state index in [0.29, 0.717) is 11.5 Å². The van der Waals surface area contributed by atoms with Crippen LogP contribution in [-0.2, 0) is 0 Å². The summed E-state index contributed by atoms with van der Waals surface area (Å²) in [6, 6.07) is 5.51. The summed E-state index contributed by atoms with van der Waals surface area (Å²) in [5.41, 5.74) is 6.34. The molecule has 0 aromatic carbocycles. The van der Waals surface area contributed by atoms with E-state index in [1.54, 1.807) is 12.1 Å². The second-order valence-electron chi connectivity index (χ2n) is 4.82. The number of nitriles is 1. The van der Waals surface area contributed by atoms with Crippen LogP contribution < -0.4 is 11.1 Å². The molecular weight excluding hydrogens is 240 g/mol. The Morgan fingerprint density at radius 3 is 2.79 bits per heavy atom. The Morgan fingerprint density at radius 1 is 1.37 bits per heavy atom. The fraction of sp³-hybridized carbons (Fsp3) is 0.538. The molecule has 0 amide bonds. The molecule has 1 aliphatic heterocycles. The third kappa shape index (κ3) is 3.81. The average molecular weight is 260 g/mol. The number of pyridine rings is 1. The minimum Gasteiger partial charge on any atom is -0.396 e. The maximum atomic E-state index is 8.86. The van der Waals surface area contributed by atoms with E-state index in [0.717, 1.165) is 39.3 Å². The molecule has 102 valence electrons. The second kappa shape index (κ2) is 6.36. The summed E-state index contributed by atoms with van der Waals surface area (Å²) in [6.45, 7) is 6.28. The van der Waals surface area contributed by atoms with Crippen LogP contribution in [-0.4, -0.2) is 61.1 Å². The van der Waals surface area contributed by atoms with Gasteiger partial charge in [-0.15, -0.1) is 0 Å². The Balaban J connectivity index is 1.78. The van der Waals surface area contributed by atoms with Gasteiger partial charge in [0.2, 0.25) is 0 Å². The minimum atomic E-state index is 0.282. The topological polar surface area (TPSA) is 81.2 Å². The molecule has 1 aromatic heterocycles. The highest BCUT2D eigenvalue weighted by Crippen LogP contribution is 2.11. The molecule has 0 saturated carbocycles. The number of aromatic nitrogens is 1. The molecule has 1 aliphatic rings. The number of likely N-dealkylation sites (N-methyl/N-ethyl adjacent to an activating group) is 1. The van der Waals surface area contributed by atoms with Gasteiger partial charge in [0.1, 0.15) is 11.9 Å². The van der Waals surface area contributed by atoms with E-state index in [1.165, 1.54) is 0 Å². The molecule has 19 heavy (non-hydrogen) atoms. The summed E-state index contributed by atoms with van der Waals surface area (Å²) < 4.78 is 0. The molecule has 0 spiro atoms. The van der Waals surface area contributed by atoms with Crippen molar-refractivity contribution < 1.29 is 0 Å². The molecule has 0 aliphatic carbocycles. The van der Waals surface area contributed by atoms with Crippen molar-refractivity contribution in [2.45, 2.75) is 0 Å². The average Bonchev–Trinajstić information content (AvgIpc) is 2.43. The zero-order chi connectivity index (χ0) is 13.7. The molecule has 6 heteroatoms. The van der Waals surface area contributed by atoms with Crippen molar-refractivity contribution in [2.24, 2.45) is 0 Å². The first-order valence-corrected chi connectivity index (χ1v) is 6.50. The highest BCUT2D eigenvalue weighted by atomic mass is 15.2. The molecule has 1 fully saturated rings. The standard InChI is InChI=1S/C13H20N6/c1-18-6-8-19(9-7-18)5-4-16-13-3-2-11(15)12(10-14)17-13/h2-3H,4-9,15H2,1H3,(H,16,17). The van der Waals surface area contributed by atoms with E-state index in [1.807, 2.05) is 6.07 Å². The van der Waals surface area contributed by atoms with Gasteiger partial charge in [-0.25, -0.2) is 4.98 Å². The van der Waals surface area contributed by atoms with Crippen LogP contribution in [0.5, 0.6) is 0 Å². The fourth-order valence-electron chi connectivity index (χ4n) is 2.07. The van der Waals surface area contributed by atoms with Crippen LogP contribution >= 0.6 is 0 Å². The smallest absolute Gasteiger partial charge is 0.165 e. The number of nitrogens with two attached hydrogens (primary N) is 1. The minimum absolute atomic E-state index is 0.282. The predicted octanol–water partition coefficient (Wildman–Crippen LogP) is 0.195. The third-order valence-corrected chi connectivity index (χ3v) is 3.36. The third-order valence-electron chi connectivity index (χ3n) is 3.36. The van der Waals surface area contributed by atoms with Crippen LogP contribution in [0.2, 0.25) is 0 Å². The van der Waals surface area contributed by atoms with E-state index in [4.69, 9.17) is 11.0 Å². The Labute approximate surface area is 113 Å². The van der Waals surface area contributed by atoms with E-state index >= 15 is 0 Å². The zero-order valence-corrected chi connectivity index (χ0v) is 11.3. The van der Waals surface area contributed by atoms with Crippen molar-refractivity contribution in [3.05, 3.63) is 17.8 Å². The summed E-state index contributed by atoms with van der Waals surface area (Å²) >= 11 is 0. The lowest BCUT2D eigenvalue weighted by molar-refractivity contribution is 0.158. The van der Waals surface area contributed by atoms with Gasteiger partial charge in [-0.2, -0.15) is 5.26 Å².